The zero-order chi connectivity index (χ0) is 22.9. The SMILES string of the molecule is COc1cc(N2CCN(C(=O)Cn3nc(C(F)(F)F)c(Cl)c3C)CC2)c(CN)cc1Cl. The van der Waals surface area contributed by atoms with E-state index in [4.69, 9.17) is 33.7 Å². The minimum absolute atomic E-state index is 0.0989. The number of carbonyl (C=O) groups is 1. The van der Waals surface area contributed by atoms with Gasteiger partial charge in [-0.1, -0.05) is 23.2 Å². The largest absolute Gasteiger partial charge is 0.495 e. The lowest BCUT2D eigenvalue weighted by Crippen LogP contribution is -2.50. The number of rotatable bonds is 5. The molecular weight excluding hydrogens is 458 g/mol. The molecule has 2 N–H and O–H groups in total. The van der Waals surface area contributed by atoms with Gasteiger partial charge < -0.3 is 20.3 Å². The first-order valence-corrected chi connectivity index (χ1v) is 10.2. The number of carbonyl (C=O) groups excluding carboxylic acids is 1. The summed E-state index contributed by atoms with van der Waals surface area (Å²) in [6, 6.07) is 3.57. The summed E-state index contributed by atoms with van der Waals surface area (Å²) < 4.78 is 45.3. The molecule has 2 aromatic rings. The Bertz CT molecular complexity index is 972. The quantitative estimate of drug-likeness (QED) is 0.711. The molecule has 0 bridgehead atoms. The number of methoxy groups -OCH3 is 1. The number of ether oxygens (including phenoxy) is 1. The van der Waals surface area contributed by atoms with E-state index in [1.54, 1.807) is 11.0 Å². The molecule has 1 aliphatic rings. The van der Waals surface area contributed by atoms with Crippen LogP contribution in [-0.2, 0) is 24.1 Å². The molecule has 1 aromatic heterocycles. The predicted octanol–water partition coefficient (Wildman–Crippen LogP) is 3.33. The molecule has 0 spiro atoms. The zero-order valence-electron chi connectivity index (χ0n) is 17.0. The van der Waals surface area contributed by atoms with Crippen molar-refractivity contribution < 1.29 is 22.7 Å². The number of alkyl halides is 3. The average Bonchev–Trinajstić information content (AvgIpc) is 3.02. The molecule has 0 unspecified atom stereocenters. The van der Waals surface area contributed by atoms with Crippen molar-refractivity contribution in [1.29, 1.82) is 0 Å². The van der Waals surface area contributed by atoms with Gasteiger partial charge in [0, 0.05) is 44.5 Å². The third kappa shape index (κ3) is 4.86. The molecule has 3 rings (SSSR count). The molecule has 2 heterocycles. The molecule has 0 atom stereocenters. The number of aromatic nitrogens is 2. The lowest BCUT2D eigenvalue weighted by Gasteiger charge is -2.37. The minimum Gasteiger partial charge on any atom is -0.495 e. The molecule has 170 valence electrons. The first-order valence-electron chi connectivity index (χ1n) is 9.46. The van der Waals surface area contributed by atoms with Gasteiger partial charge in [-0.3, -0.25) is 9.48 Å². The normalized spacial score (nSPS) is 14.8. The Balaban J connectivity index is 1.69. The van der Waals surface area contributed by atoms with E-state index in [9.17, 15) is 18.0 Å². The van der Waals surface area contributed by atoms with Gasteiger partial charge in [-0.15, -0.1) is 0 Å². The molecule has 12 heteroatoms. The molecular formula is C19H22Cl2F3N5O2. The van der Waals surface area contributed by atoms with Crippen molar-refractivity contribution in [3.05, 3.63) is 39.1 Å². The Kier molecular flexibility index (Phi) is 6.92. The van der Waals surface area contributed by atoms with Crippen molar-refractivity contribution in [3.8, 4) is 5.75 Å². The molecule has 1 amide bonds. The molecule has 1 aromatic carbocycles. The van der Waals surface area contributed by atoms with Crippen molar-refractivity contribution in [2.45, 2.75) is 26.2 Å². The topological polar surface area (TPSA) is 76.6 Å². The molecule has 7 nitrogen and oxygen atoms in total. The van der Waals surface area contributed by atoms with Crippen LogP contribution in [-0.4, -0.2) is 53.9 Å². The van der Waals surface area contributed by atoms with Gasteiger partial charge in [0.15, 0.2) is 5.69 Å². The van der Waals surface area contributed by atoms with E-state index in [0.29, 0.717) is 43.5 Å². The summed E-state index contributed by atoms with van der Waals surface area (Å²) in [5.41, 5.74) is 6.49. The summed E-state index contributed by atoms with van der Waals surface area (Å²) >= 11 is 11.9. The minimum atomic E-state index is -4.68. The number of anilines is 1. The van der Waals surface area contributed by atoms with E-state index in [2.05, 4.69) is 10.00 Å². The van der Waals surface area contributed by atoms with Gasteiger partial charge in [0.25, 0.3) is 0 Å². The van der Waals surface area contributed by atoms with Crippen molar-refractivity contribution in [2.75, 3.05) is 38.2 Å². The molecule has 1 fully saturated rings. The molecule has 1 aliphatic heterocycles. The van der Waals surface area contributed by atoms with Gasteiger partial charge >= 0.3 is 6.18 Å². The molecule has 0 radical (unpaired) electrons. The highest BCUT2D eigenvalue weighted by atomic mass is 35.5. The number of nitrogens with zero attached hydrogens (tertiary/aromatic N) is 4. The summed E-state index contributed by atoms with van der Waals surface area (Å²) in [4.78, 5) is 16.3. The van der Waals surface area contributed by atoms with Crippen LogP contribution < -0.4 is 15.4 Å². The van der Waals surface area contributed by atoms with E-state index in [0.717, 1.165) is 15.9 Å². The molecule has 0 aliphatic carbocycles. The number of nitrogens with two attached hydrogens (primary N) is 1. The van der Waals surface area contributed by atoms with Gasteiger partial charge in [-0.25, -0.2) is 0 Å². The Morgan fingerprint density at radius 1 is 1.23 bits per heavy atom. The third-order valence-corrected chi connectivity index (χ3v) is 5.98. The van der Waals surface area contributed by atoms with Crippen LogP contribution in [0.2, 0.25) is 10.0 Å². The maximum Gasteiger partial charge on any atom is 0.436 e. The van der Waals surface area contributed by atoms with E-state index >= 15 is 0 Å². The van der Waals surface area contributed by atoms with Crippen LogP contribution in [0.4, 0.5) is 18.9 Å². The number of amides is 1. The first-order chi connectivity index (χ1) is 14.6. The van der Waals surface area contributed by atoms with Gasteiger partial charge in [0.05, 0.1) is 22.8 Å². The lowest BCUT2D eigenvalue weighted by atomic mass is 10.1. The Labute approximate surface area is 187 Å². The standard InChI is InChI=1S/C19H22Cl2F3N5O2/c1-11-17(21)18(19(22,23)24)26-29(11)10-16(30)28-5-3-27(4-6-28)14-8-15(31-2)13(20)7-12(14)9-25/h7-8H,3-6,9-10,25H2,1-2H3. The monoisotopic (exact) mass is 479 g/mol. The fraction of sp³-hybridized carbons (Fsp3) is 0.474. The smallest absolute Gasteiger partial charge is 0.436 e. The zero-order valence-corrected chi connectivity index (χ0v) is 18.5. The van der Waals surface area contributed by atoms with Crippen molar-refractivity contribution in [3.63, 3.8) is 0 Å². The summed E-state index contributed by atoms with van der Waals surface area (Å²) in [6.45, 7) is 3.22. The average molecular weight is 480 g/mol. The molecule has 0 saturated carbocycles. The van der Waals surface area contributed by atoms with E-state index in [1.165, 1.54) is 14.0 Å². The van der Waals surface area contributed by atoms with Gasteiger partial charge in [0.1, 0.15) is 12.3 Å². The highest BCUT2D eigenvalue weighted by Crippen LogP contribution is 2.36. The first kappa shape index (κ1) is 23.5. The predicted molar refractivity (Wildman–Crippen MR) is 112 cm³/mol. The Morgan fingerprint density at radius 2 is 1.87 bits per heavy atom. The van der Waals surface area contributed by atoms with E-state index in [-0.39, 0.29) is 18.1 Å². The second-order valence-corrected chi connectivity index (χ2v) is 7.88. The number of halogens is 5. The molecule has 31 heavy (non-hydrogen) atoms. The third-order valence-electron chi connectivity index (χ3n) is 5.23. The number of benzene rings is 1. The van der Waals surface area contributed by atoms with Crippen LogP contribution in [0.25, 0.3) is 0 Å². The highest BCUT2D eigenvalue weighted by molar-refractivity contribution is 6.32. The van der Waals surface area contributed by atoms with Crippen molar-refractivity contribution in [1.82, 2.24) is 14.7 Å². The van der Waals surface area contributed by atoms with Gasteiger partial charge in [0.2, 0.25) is 5.91 Å². The van der Waals surface area contributed by atoms with Crippen LogP contribution >= 0.6 is 23.2 Å². The fourth-order valence-electron chi connectivity index (χ4n) is 3.48. The van der Waals surface area contributed by atoms with Crippen molar-refractivity contribution in [2.24, 2.45) is 5.73 Å². The maximum absolute atomic E-state index is 13.0. The van der Waals surface area contributed by atoms with Crippen LogP contribution in [0, 0.1) is 6.92 Å². The van der Waals surface area contributed by atoms with Gasteiger partial charge in [-0.2, -0.15) is 18.3 Å². The number of hydrogen-bond donors (Lipinski definition) is 1. The Hall–Kier alpha value is -2.17. The highest BCUT2D eigenvalue weighted by Gasteiger charge is 2.38. The van der Waals surface area contributed by atoms with Crippen LogP contribution in [0.15, 0.2) is 12.1 Å². The second kappa shape index (κ2) is 9.13. The Morgan fingerprint density at radius 3 is 2.39 bits per heavy atom. The van der Waals surface area contributed by atoms with Crippen LogP contribution in [0.3, 0.4) is 0 Å². The number of hydrogen-bond acceptors (Lipinski definition) is 5. The summed E-state index contributed by atoms with van der Waals surface area (Å²) in [5, 5.41) is 3.46. The summed E-state index contributed by atoms with van der Waals surface area (Å²) in [5.74, 6) is 0.197. The van der Waals surface area contributed by atoms with Gasteiger partial charge in [-0.05, 0) is 18.6 Å². The summed E-state index contributed by atoms with van der Waals surface area (Å²) in [6.07, 6.45) is -4.68. The van der Waals surface area contributed by atoms with Crippen LogP contribution in [0.1, 0.15) is 17.0 Å². The second-order valence-electron chi connectivity index (χ2n) is 7.09. The maximum atomic E-state index is 13.0. The lowest BCUT2D eigenvalue weighted by molar-refractivity contribution is -0.142. The van der Waals surface area contributed by atoms with Crippen LogP contribution in [0.5, 0.6) is 5.75 Å². The molecule has 1 saturated heterocycles. The fourth-order valence-corrected chi connectivity index (χ4v) is 3.99. The van der Waals surface area contributed by atoms with E-state index < -0.39 is 16.9 Å². The number of piperazine rings is 1. The van der Waals surface area contributed by atoms with Crippen molar-refractivity contribution >= 4 is 34.8 Å². The summed E-state index contributed by atoms with van der Waals surface area (Å²) in [7, 11) is 1.53. The van der Waals surface area contributed by atoms with E-state index in [1.807, 2.05) is 6.07 Å².